The molecule has 0 spiro atoms. The number of nitrogens with zero attached hydrogens (tertiary/aromatic N) is 2. The van der Waals surface area contributed by atoms with Crippen molar-refractivity contribution in [3.05, 3.63) is 58.1 Å². The van der Waals surface area contributed by atoms with Crippen LogP contribution in [-0.4, -0.2) is 57.1 Å². The van der Waals surface area contributed by atoms with Gasteiger partial charge in [-0.3, -0.25) is 13.9 Å². The number of halogens is 2. The van der Waals surface area contributed by atoms with E-state index >= 15 is 0 Å². The highest BCUT2D eigenvalue weighted by atomic mass is 35.5. The Bertz CT molecular complexity index is 1190. The lowest BCUT2D eigenvalue weighted by Gasteiger charge is -2.32. The summed E-state index contributed by atoms with van der Waals surface area (Å²) in [5.41, 5.74) is 1.10. The molecule has 0 saturated heterocycles. The zero-order valence-electron chi connectivity index (χ0n) is 22.5. The molecule has 0 unspecified atom stereocenters. The smallest absolute Gasteiger partial charge is 0.243 e. The Morgan fingerprint density at radius 2 is 1.71 bits per heavy atom. The van der Waals surface area contributed by atoms with Gasteiger partial charge in [0.25, 0.3) is 0 Å². The van der Waals surface area contributed by atoms with E-state index in [0.29, 0.717) is 17.2 Å². The highest BCUT2D eigenvalue weighted by Crippen LogP contribution is 2.31. The maximum Gasteiger partial charge on any atom is 0.243 e. The molecule has 210 valence electrons. The van der Waals surface area contributed by atoms with Gasteiger partial charge in [0.15, 0.2) is 0 Å². The standard InChI is InChI=1S/C27H37Cl2N3O5S/c1-6-19(3)30-27(34)24(7-2)31(18-20-10-13-22(37-4)14-11-20)26(33)9-8-16-32(38(5,35)36)25-17-21(28)12-15-23(25)29/h10-15,17,19,24H,6-9,16,18H2,1-5H3,(H,30,34)/t19-,24-/m0/s1. The fourth-order valence-electron chi connectivity index (χ4n) is 3.95. The molecular weight excluding hydrogens is 549 g/mol. The van der Waals surface area contributed by atoms with Gasteiger partial charge in [-0.1, -0.05) is 49.2 Å². The molecule has 11 heteroatoms. The number of carbonyl (C=O) groups is 2. The van der Waals surface area contributed by atoms with E-state index in [4.69, 9.17) is 27.9 Å². The largest absolute Gasteiger partial charge is 0.497 e. The Kier molecular flexibility index (Phi) is 12.2. The number of anilines is 1. The normalized spacial score (nSPS) is 12.9. The van der Waals surface area contributed by atoms with Gasteiger partial charge in [-0.2, -0.15) is 0 Å². The van der Waals surface area contributed by atoms with Crippen LogP contribution in [0.25, 0.3) is 0 Å². The Balaban J connectivity index is 2.26. The molecule has 8 nitrogen and oxygen atoms in total. The number of benzene rings is 2. The summed E-state index contributed by atoms with van der Waals surface area (Å²) in [6.45, 7) is 6.01. The Morgan fingerprint density at radius 1 is 1.05 bits per heavy atom. The highest BCUT2D eigenvalue weighted by Gasteiger charge is 2.29. The fraction of sp³-hybridized carbons (Fsp3) is 0.481. The lowest BCUT2D eigenvalue weighted by Crippen LogP contribution is -2.50. The van der Waals surface area contributed by atoms with Crippen LogP contribution in [0, 0.1) is 0 Å². The van der Waals surface area contributed by atoms with E-state index in [-0.39, 0.29) is 54.5 Å². The lowest BCUT2D eigenvalue weighted by molar-refractivity contribution is -0.141. The molecule has 0 saturated carbocycles. The molecule has 1 N–H and O–H groups in total. The van der Waals surface area contributed by atoms with Crippen molar-refractivity contribution in [2.45, 2.75) is 65.1 Å². The average molecular weight is 587 g/mol. The van der Waals surface area contributed by atoms with Crippen molar-refractivity contribution in [3.63, 3.8) is 0 Å². The summed E-state index contributed by atoms with van der Waals surface area (Å²) in [6.07, 6.45) is 2.53. The van der Waals surface area contributed by atoms with Gasteiger partial charge in [-0.05, 0) is 62.1 Å². The number of carbonyl (C=O) groups excluding carboxylic acids is 2. The van der Waals surface area contributed by atoms with Gasteiger partial charge in [0.1, 0.15) is 11.8 Å². The first-order valence-corrected chi connectivity index (χ1v) is 15.2. The minimum absolute atomic E-state index is 0.0247. The van der Waals surface area contributed by atoms with Crippen LogP contribution in [0.5, 0.6) is 5.75 Å². The fourth-order valence-corrected chi connectivity index (χ4v) is 5.35. The number of ether oxygens (including phenoxy) is 1. The Hall–Kier alpha value is -2.49. The molecule has 0 aliphatic heterocycles. The van der Waals surface area contributed by atoms with Crippen LogP contribution in [-0.2, 0) is 26.2 Å². The van der Waals surface area contributed by atoms with Crippen molar-refractivity contribution in [2.75, 3.05) is 24.2 Å². The molecule has 0 fully saturated rings. The second kappa shape index (κ2) is 14.6. The molecule has 0 heterocycles. The summed E-state index contributed by atoms with van der Waals surface area (Å²) in [5.74, 6) is 0.221. The quantitative estimate of drug-likeness (QED) is 0.326. The average Bonchev–Trinajstić information content (AvgIpc) is 2.87. The molecule has 38 heavy (non-hydrogen) atoms. The van der Waals surface area contributed by atoms with Crippen LogP contribution in [0.4, 0.5) is 5.69 Å². The van der Waals surface area contributed by atoms with Crippen molar-refractivity contribution in [1.29, 1.82) is 0 Å². The third-order valence-corrected chi connectivity index (χ3v) is 7.96. The van der Waals surface area contributed by atoms with Gasteiger partial charge in [-0.15, -0.1) is 0 Å². The Morgan fingerprint density at radius 3 is 2.26 bits per heavy atom. The third kappa shape index (κ3) is 9.06. The van der Waals surface area contributed by atoms with E-state index in [0.717, 1.165) is 22.5 Å². The molecule has 0 aliphatic rings. The van der Waals surface area contributed by atoms with Crippen LogP contribution in [0.15, 0.2) is 42.5 Å². The first kappa shape index (κ1) is 31.7. The van der Waals surface area contributed by atoms with Crippen LogP contribution in [0.3, 0.4) is 0 Å². The van der Waals surface area contributed by atoms with Gasteiger partial charge in [-0.25, -0.2) is 8.42 Å². The molecule has 0 aliphatic carbocycles. The molecule has 2 rings (SSSR count). The summed E-state index contributed by atoms with van der Waals surface area (Å²) in [5, 5.41) is 3.56. The van der Waals surface area contributed by atoms with Gasteiger partial charge in [0.05, 0.1) is 24.1 Å². The van der Waals surface area contributed by atoms with E-state index < -0.39 is 16.1 Å². The van der Waals surface area contributed by atoms with Gasteiger partial charge >= 0.3 is 0 Å². The molecule has 2 atom stereocenters. The zero-order valence-corrected chi connectivity index (χ0v) is 24.9. The van der Waals surface area contributed by atoms with E-state index in [2.05, 4.69) is 5.32 Å². The maximum absolute atomic E-state index is 13.5. The number of methoxy groups -OCH3 is 1. The zero-order chi connectivity index (χ0) is 28.5. The second-order valence-corrected chi connectivity index (χ2v) is 11.9. The number of amides is 2. The maximum atomic E-state index is 13.5. The monoisotopic (exact) mass is 585 g/mol. The van der Waals surface area contributed by atoms with Gasteiger partial charge in [0, 0.05) is 30.6 Å². The Labute approximate surface area is 236 Å². The molecule has 2 aromatic rings. The summed E-state index contributed by atoms with van der Waals surface area (Å²) < 4.78 is 31.5. The van der Waals surface area contributed by atoms with Crippen LogP contribution in [0.2, 0.25) is 10.0 Å². The topological polar surface area (TPSA) is 96.0 Å². The minimum Gasteiger partial charge on any atom is -0.497 e. The van der Waals surface area contributed by atoms with Crippen LogP contribution >= 0.6 is 23.2 Å². The molecule has 0 aromatic heterocycles. The first-order valence-electron chi connectivity index (χ1n) is 12.6. The second-order valence-electron chi connectivity index (χ2n) is 9.15. The predicted molar refractivity (Wildman–Crippen MR) is 153 cm³/mol. The summed E-state index contributed by atoms with van der Waals surface area (Å²) in [6, 6.07) is 11.2. The molecule has 0 radical (unpaired) electrons. The predicted octanol–water partition coefficient (Wildman–Crippen LogP) is 5.27. The lowest BCUT2D eigenvalue weighted by atomic mass is 10.1. The molecule has 0 bridgehead atoms. The van der Waals surface area contributed by atoms with E-state index in [1.165, 1.54) is 12.1 Å². The summed E-state index contributed by atoms with van der Waals surface area (Å²) in [4.78, 5) is 28.2. The van der Waals surface area contributed by atoms with Crippen LogP contribution < -0.4 is 14.4 Å². The molecule has 2 aromatic carbocycles. The number of rotatable bonds is 14. The number of sulfonamides is 1. The first-order chi connectivity index (χ1) is 17.9. The number of hydrogen-bond acceptors (Lipinski definition) is 5. The summed E-state index contributed by atoms with van der Waals surface area (Å²) >= 11 is 12.3. The van der Waals surface area contributed by atoms with Crippen molar-refractivity contribution < 1.29 is 22.7 Å². The number of hydrogen-bond donors (Lipinski definition) is 1. The highest BCUT2D eigenvalue weighted by molar-refractivity contribution is 7.92. The molecular formula is C27H37Cl2N3O5S. The number of nitrogens with one attached hydrogen (secondary N) is 1. The van der Waals surface area contributed by atoms with Crippen molar-refractivity contribution >= 4 is 50.7 Å². The van der Waals surface area contributed by atoms with Crippen LogP contribution in [0.1, 0.15) is 52.0 Å². The minimum atomic E-state index is -3.69. The van der Waals surface area contributed by atoms with E-state index in [9.17, 15) is 18.0 Å². The summed E-state index contributed by atoms with van der Waals surface area (Å²) in [7, 11) is -2.12. The van der Waals surface area contributed by atoms with Crippen molar-refractivity contribution in [1.82, 2.24) is 10.2 Å². The third-order valence-electron chi connectivity index (χ3n) is 6.23. The SMILES string of the molecule is CC[C@H](C)NC(=O)[C@H](CC)N(Cc1ccc(OC)cc1)C(=O)CCCN(c1cc(Cl)ccc1Cl)S(C)(=O)=O. The van der Waals surface area contributed by atoms with E-state index in [1.54, 1.807) is 30.2 Å². The van der Waals surface area contributed by atoms with Crippen molar-refractivity contribution in [3.8, 4) is 5.75 Å². The van der Waals surface area contributed by atoms with Crippen molar-refractivity contribution in [2.24, 2.45) is 0 Å². The van der Waals surface area contributed by atoms with E-state index in [1.807, 2.05) is 32.9 Å². The van der Waals surface area contributed by atoms with Gasteiger partial charge in [0.2, 0.25) is 21.8 Å². The van der Waals surface area contributed by atoms with Gasteiger partial charge < -0.3 is 15.0 Å². The molecule has 2 amide bonds.